The number of thiophene rings is 1. The Morgan fingerprint density at radius 3 is 2.61 bits per heavy atom. The monoisotopic (exact) mass is 326 g/mol. The average molecular weight is 327 g/mol. The lowest BCUT2D eigenvalue weighted by atomic mass is 10.4. The summed E-state index contributed by atoms with van der Waals surface area (Å²) in [6, 6.07) is 6.07. The van der Waals surface area contributed by atoms with Crippen molar-refractivity contribution >= 4 is 39.0 Å². The van der Waals surface area contributed by atoms with Crippen molar-refractivity contribution in [2.45, 2.75) is 6.54 Å². The molecule has 2 heterocycles. The fourth-order valence-electron chi connectivity index (χ4n) is 1.51. The number of halogens is 1. The molecule has 18 heavy (non-hydrogen) atoms. The van der Waals surface area contributed by atoms with Gasteiger partial charge in [-0.3, -0.25) is 0 Å². The molecule has 0 aliphatic heterocycles. The van der Waals surface area contributed by atoms with Crippen LogP contribution in [0.15, 0.2) is 28.2 Å². The molecular weight excluding hydrogens is 312 g/mol. The van der Waals surface area contributed by atoms with Gasteiger partial charge in [0.1, 0.15) is 5.82 Å². The van der Waals surface area contributed by atoms with Crippen LogP contribution in [0, 0.1) is 0 Å². The Morgan fingerprint density at radius 2 is 2.00 bits per heavy atom. The number of hydrogen-bond donors (Lipinski definition) is 0. The second kappa shape index (κ2) is 5.67. The Balaban J connectivity index is 2.13. The maximum absolute atomic E-state index is 4.51. The smallest absolute Gasteiger partial charge is 0.227 e. The van der Waals surface area contributed by atoms with Gasteiger partial charge in [-0.25, -0.2) is 4.98 Å². The SMILES string of the molecule is CN(C)c1ccnc(N(C)Cc2ccc(Br)s2)n1. The Hall–Kier alpha value is -1.14. The van der Waals surface area contributed by atoms with E-state index in [1.165, 1.54) is 4.88 Å². The van der Waals surface area contributed by atoms with Crippen molar-refractivity contribution in [3.8, 4) is 0 Å². The molecule has 2 aromatic rings. The zero-order chi connectivity index (χ0) is 13.1. The number of hydrogen-bond acceptors (Lipinski definition) is 5. The first-order valence-electron chi connectivity index (χ1n) is 5.52. The fraction of sp³-hybridized carbons (Fsp3) is 0.333. The van der Waals surface area contributed by atoms with Gasteiger partial charge >= 0.3 is 0 Å². The molecule has 2 aromatic heterocycles. The first-order valence-corrected chi connectivity index (χ1v) is 7.13. The number of aromatic nitrogens is 2. The van der Waals surface area contributed by atoms with E-state index in [2.05, 4.69) is 38.0 Å². The van der Waals surface area contributed by atoms with Gasteiger partial charge in [0, 0.05) is 32.2 Å². The van der Waals surface area contributed by atoms with Gasteiger partial charge in [-0.05, 0) is 34.1 Å². The molecule has 0 aromatic carbocycles. The van der Waals surface area contributed by atoms with Crippen LogP contribution in [-0.2, 0) is 6.54 Å². The van der Waals surface area contributed by atoms with Gasteiger partial charge in [0.2, 0.25) is 5.95 Å². The molecule has 0 saturated heterocycles. The molecule has 4 nitrogen and oxygen atoms in total. The van der Waals surface area contributed by atoms with Crippen molar-refractivity contribution in [2.75, 3.05) is 30.9 Å². The maximum atomic E-state index is 4.51. The fourth-order valence-corrected chi connectivity index (χ4v) is 3.05. The summed E-state index contributed by atoms with van der Waals surface area (Å²) in [5, 5.41) is 0. The van der Waals surface area contributed by atoms with Crippen molar-refractivity contribution < 1.29 is 0 Å². The highest BCUT2D eigenvalue weighted by Crippen LogP contribution is 2.24. The van der Waals surface area contributed by atoms with Crippen LogP contribution < -0.4 is 9.80 Å². The first kappa shape index (κ1) is 13.3. The van der Waals surface area contributed by atoms with Crippen LogP contribution in [0.25, 0.3) is 0 Å². The second-order valence-corrected chi connectivity index (χ2v) is 6.72. The van der Waals surface area contributed by atoms with Crippen molar-refractivity contribution in [2.24, 2.45) is 0 Å². The topological polar surface area (TPSA) is 32.3 Å². The van der Waals surface area contributed by atoms with Gasteiger partial charge in [-0.1, -0.05) is 0 Å². The molecule has 0 unspecified atom stereocenters. The Bertz CT molecular complexity index is 526. The highest BCUT2D eigenvalue weighted by atomic mass is 79.9. The Morgan fingerprint density at radius 1 is 1.22 bits per heavy atom. The maximum Gasteiger partial charge on any atom is 0.227 e. The molecule has 96 valence electrons. The van der Waals surface area contributed by atoms with Crippen LogP contribution in [0.2, 0.25) is 0 Å². The summed E-state index contributed by atoms with van der Waals surface area (Å²) in [4.78, 5) is 14.1. The van der Waals surface area contributed by atoms with E-state index in [1.807, 2.05) is 37.0 Å². The summed E-state index contributed by atoms with van der Waals surface area (Å²) in [5.41, 5.74) is 0. The highest BCUT2D eigenvalue weighted by molar-refractivity contribution is 9.11. The van der Waals surface area contributed by atoms with E-state index < -0.39 is 0 Å². The molecule has 0 N–H and O–H groups in total. The quantitative estimate of drug-likeness (QED) is 0.864. The van der Waals surface area contributed by atoms with Gasteiger partial charge in [0.25, 0.3) is 0 Å². The third kappa shape index (κ3) is 3.20. The first-order chi connectivity index (χ1) is 8.56. The van der Waals surface area contributed by atoms with Crippen LogP contribution in [0.3, 0.4) is 0 Å². The number of nitrogens with zero attached hydrogens (tertiary/aromatic N) is 4. The third-order valence-corrected chi connectivity index (χ3v) is 4.06. The third-order valence-electron chi connectivity index (χ3n) is 2.45. The number of anilines is 2. The summed E-state index contributed by atoms with van der Waals surface area (Å²) in [7, 11) is 5.95. The summed E-state index contributed by atoms with van der Waals surface area (Å²) in [6.45, 7) is 0.813. The van der Waals surface area contributed by atoms with Gasteiger partial charge < -0.3 is 9.80 Å². The van der Waals surface area contributed by atoms with Crippen molar-refractivity contribution in [3.63, 3.8) is 0 Å². The lowest BCUT2D eigenvalue weighted by Crippen LogP contribution is -2.20. The van der Waals surface area contributed by atoms with Gasteiger partial charge in [0.05, 0.1) is 10.3 Å². The molecular formula is C12H15BrN4S. The molecule has 0 radical (unpaired) electrons. The molecule has 0 saturated carbocycles. The molecule has 6 heteroatoms. The molecule has 0 aliphatic rings. The van der Waals surface area contributed by atoms with E-state index in [1.54, 1.807) is 17.5 Å². The zero-order valence-electron chi connectivity index (χ0n) is 10.6. The average Bonchev–Trinajstić information content (AvgIpc) is 2.75. The lowest BCUT2D eigenvalue weighted by Gasteiger charge is -2.18. The molecule has 0 atom stereocenters. The van der Waals surface area contributed by atoms with Crippen LogP contribution >= 0.6 is 27.3 Å². The van der Waals surface area contributed by atoms with E-state index >= 15 is 0 Å². The van der Waals surface area contributed by atoms with Crippen LogP contribution in [0.1, 0.15) is 4.88 Å². The molecule has 0 spiro atoms. The highest BCUT2D eigenvalue weighted by Gasteiger charge is 2.08. The van der Waals surface area contributed by atoms with E-state index in [9.17, 15) is 0 Å². The molecule has 0 amide bonds. The van der Waals surface area contributed by atoms with E-state index in [0.29, 0.717) is 0 Å². The van der Waals surface area contributed by atoms with E-state index in [0.717, 1.165) is 22.1 Å². The van der Waals surface area contributed by atoms with E-state index in [4.69, 9.17) is 0 Å². The zero-order valence-corrected chi connectivity index (χ0v) is 13.0. The van der Waals surface area contributed by atoms with E-state index in [-0.39, 0.29) is 0 Å². The van der Waals surface area contributed by atoms with Gasteiger partial charge in [-0.2, -0.15) is 4.98 Å². The van der Waals surface area contributed by atoms with Crippen molar-refractivity contribution in [1.82, 2.24) is 9.97 Å². The predicted octanol–water partition coefficient (Wildman–Crippen LogP) is 3.00. The second-order valence-electron chi connectivity index (χ2n) is 4.17. The van der Waals surface area contributed by atoms with Crippen LogP contribution in [0.4, 0.5) is 11.8 Å². The Labute approximate surface area is 119 Å². The van der Waals surface area contributed by atoms with Crippen LogP contribution in [-0.4, -0.2) is 31.1 Å². The minimum absolute atomic E-state index is 0.741. The normalized spacial score (nSPS) is 10.4. The molecule has 0 fully saturated rings. The molecule has 0 bridgehead atoms. The molecule has 2 rings (SSSR count). The van der Waals surface area contributed by atoms with Crippen molar-refractivity contribution in [1.29, 1.82) is 0 Å². The van der Waals surface area contributed by atoms with Gasteiger partial charge in [-0.15, -0.1) is 11.3 Å². The minimum atomic E-state index is 0.741. The lowest BCUT2D eigenvalue weighted by molar-refractivity contribution is 0.871. The summed E-state index contributed by atoms with van der Waals surface area (Å²) >= 11 is 5.20. The summed E-state index contributed by atoms with van der Waals surface area (Å²) < 4.78 is 1.15. The standard InChI is InChI=1S/C12H15BrN4S/c1-16(2)11-6-7-14-12(15-11)17(3)8-9-4-5-10(13)18-9/h4-7H,8H2,1-3H3. The van der Waals surface area contributed by atoms with Gasteiger partial charge in [0.15, 0.2) is 0 Å². The van der Waals surface area contributed by atoms with Crippen LogP contribution in [0.5, 0.6) is 0 Å². The minimum Gasteiger partial charge on any atom is -0.363 e. The largest absolute Gasteiger partial charge is 0.363 e. The summed E-state index contributed by atoms with van der Waals surface area (Å²) in [5.74, 6) is 1.66. The summed E-state index contributed by atoms with van der Waals surface area (Å²) in [6.07, 6.45) is 1.79. The Kier molecular flexibility index (Phi) is 4.19. The predicted molar refractivity (Wildman–Crippen MR) is 80.5 cm³/mol. The number of rotatable bonds is 4. The molecule has 0 aliphatic carbocycles. The van der Waals surface area contributed by atoms with Crippen molar-refractivity contribution in [3.05, 3.63) is 33.1 Å².